The number of nitrogen functional groups attached to an aromatic ring is 1. The third-order valence-electron chi connectivity index (χ3n) is 3.53. The van der Waals surface area contributed by atoms with Gasteiger partial charge in [0.1, 0.15) is 11.6 Å². The van der Waals surface area contributed by atoms with E-state index < -0.39 is 0 Å². The molecule has 0 atom stereocenters. The first-order chi connectivity index (χ1) is 10.1. The molecule has 0 saturated carbocycles. The van der Waals surface area contributed by atoms with Crippen molar-refractivity contribution in [3.05, 3.63) is 40.9 Å². The Morgan fingerprint density at radius 1 is 1.24 bits per heavy atom. The highest BCUT2D eigenvalue weighted by Gasteiger charge is 2.14. The molecule has 0 radical (unpaired) electrons. The Labute approximate surface area is 131 Å². The van der Waals surface area contributed by atoms with Crippen LogP contribution in [-0.4, -0.2) is 16.7 Å². The number of nitrogens with two attached hydrogens (primary N) is 1. The van der Waals surface area contributed by atoms with E-state index in [1.807, 2.05) is 36.4 Å². The molecule has 1 heterocycles. The van der Waals surface area contributed by atoms with E-state index >= 15 is 0 Å². The van der Waals surface area contributed by atoms with Gasteiger partial charge < -0.3 is 15.0 Å². The fourth-order valence-electron chi connectivity index (χ4n) is 2.50. The molecular weight excluding hydrogens is 330 g/mol. The quantitative estimate of drug-likeness (QED) is 0.727. The summed E-state index contributed by atoms with van der Waals surface area (Å²) in [6.45, 7) is 2.93. The number of hydrogen-bond donors (Lipinski definition) is 1. The van der Waals surface area contributed by atoms with Gasteiger partial charge in [-0.15, -0.1) is 0 Å². The highest BCUT2D eigenvalue weighted by molar-refractivity contribution is 9.10. The summed E-state index contributed by atoms with van der Waals surface area (Å²) in [5, 5.41) is 0. The molecule has 21 heavy (non-hydrogen) atoms. The maximum absolute atomic E-state index is 6.15. The lowest BCUT2D eigenvalue weighted by Crippen LogP contribution is -2.00. The average molecular weight is 346 g/mol. The maximum atomic E-state index is 6.15. The minimum Gasteiger partial charge on any atom is -0.497 e. The van der Waals surface area contributed by atoms with Crippen molar-refractivity contribution in [3.8, 4) is 17.1 Å². The van der Waals surface area contributed by atoms with Gasteiger partial charge in [0.05, 0.1) is 18.1 Å². The van der Waals surface area contributed by atoms with Crippen molar-refractivity contribution in [1.29, 1.82) is 0 Å². The van der Waals surface area contributed by atoms with Crippen LogP contribution in [0.2, 0.25) is 0 Å². The van der Waals surface area contributed by atoms with Crippen molar-refractivity contribution in [2.24, 2.45) is 0 Å². The minimum atomic E-state index is 0.710. The van der Waals surface area contributed by atoms with E-state index in [-0.39, 0.29) is 0 Å². The smallest absolute Gasteiger partial charge is 0.143 e. The van der Waals surface area contributed by atoms with Crippen LogP contribution in [0.3, 0.4) is 0 Å². The number of aromatic nitrogens is 2. The lowest BCUT2D eigenvalue weighted by atomic mass is 10.1. The molecule has 0 aliphatic carbocycles. The normalized spacial score (nSPS) is 11.0. The van der Waals surface area contributed by atoms with Crippen LogP contribution < -0.4 is 10.5 Å². The number of benzene rings is 2. The van der Waals surface area contributed by atoms with Crippen LogP contribution in [-0.2, 0) is 6.54 Å². The molecule has 0 aliphatic heterocycles. The van der Waals surface area contributed by atoms with Crippen molar-refractivity contribution in [2.45, 2.75) is 13.5 Å². The number of fused-ring (bicyclic) bond motifs is 1. The van der Waals surface area contributed by atoms with Gasteiger partial charge in [0.25, 0.3) is 0 Å². The summed E-state index contributed by atoms with van der Waals surface area (Å²) in [5.41, 5.74) is 9.79. The molecule has 1 aromatic heterocycles. The first-order valence-corrected chi connectivity index (χ1v) is 7.53. The first-order valence-electron chi connectivity index (χ1n) is 6.73. The third-order valence-corrected chi connectivity index (χ3v) is 4.02. The van der Waals surface area contributed by atoms with E-state index in [9.17, 15) is 0 Å². The number of nitrogens with zero attached hydrogens (tertiary/aromatic N) is 2. The van der Waals surface area contributed by atoms with Crippen molar-refractivity contribution in [1.82, 2.24) is 9.55 Å². The van der Waals surface area contributed by atoms with Gasteiger partial charge in [0.2, 0.25) is 0 Å². The van der Waals surface area contributed by atoms with Crippen molar-refractivity contribution >= 4 is 32.7 Å². The van der Waals surface area contributed by atoms with Crippen LogP contribution in [0.1, 0.15) is 6.92 Å². The summed E-state index contributed by atoms with van der Waals surface area (Å²) in [6.07, 6.45) is 0. The minimum absolute atomic E-state index is 0.710. The molecule has 0 spiro atoms. The van der Waals surface area contributed by atoms with Crippen LogP contribution >= 0.6 is 15.9 Å². The molecule has 0 bridgehead atoms. The number of methoxy groups -OCH3 is 1. The summed E-state index contributed by atoms with van der Waals surface area (Å²) in [7, 11) is 1.66. The van der Waals surface area contributed by atoms with Gasteiger partial charge in [0, 0.05) is 28.3 Å². The summed E-state index contributed by atoms with van der Waals surface area (Å²) in [6, 6.07) is 11.8. The SMILES string of the molecule is CCn1c(-c2ccc(Br)cc2N)nc2cc(OC)ccc21. The highest BCUT2D eigenvalue weighted by Crippen LogP contribution is 2.32. The van der Waals surface area contributed by atoms with Gasteiger partial charge in [0.15, 0.2) is 0 Å². The van der Waals surface area contributed by atoms with Gasteiger partial charge in [-0.2, -0.15) is 0 Å². The molecule has 0 unspecified atom stereocenters. The molecule has 108 valence electrons. The summed E-state index contributed by atoms with van der Waals surface area (Å²) < 4.78 is 8.39. The van der Waals surface area contributed by atoms with Crippen molar-refractivity contribution in [2.75, 3.05) is 12.8 Å². The molecule has 0 amide bonds. The number of imidazole rings is 1. The fraction of sp³-hybridized carbons (Fsp3) is 0.188. The van der Waals surface area contributed by atoms with Crippen LogP contribution in [0.5, 0.6) is 5.75 Å². The van der Waals surface area contributed by atoms with Gasteiger partial charge >= 0.3 is 0 Å². The number of halogens is 1. The standard InChI is InChI=1S/C16H16BrN3O/c1-3-20-15-7-5-11(21-2)9-14(15)19-16(20)12-6-4-10(17)8-13(12)18/h4-9H,3,18H2,1-2H3. The Bertz CT molecular complexity index is 811. The average Bonchev–Trinajstić information content (AvgIpc) is 2.84. The van der Waals surface area contributed by atoms with E-state index in [0.717, 1.165) is 39.2 Å². The molecule has 4 nitrogen and oxygen atoms in total. The predicted molar refractivity (Wildman–Crippen MR) is 89.5 cm³/mol. The Balaban J connectivity index is 2.26. The molecule has 3 aromatic rings. The van der Waals surface area contributed by atoms with Gasteiger partial charge in [-0.3, -0.25) is 0 Å². The zero-order valence-corrected chi connectivity index (χ0v) is 13.5. The summed E-state index contributed by atoms with van der Waals surface area (Å²) in [5.74, 6) is 1.68. The Morgan fingerprint density at radius 3 is 2.71 bits per heavy atom. The monoisotopic (exact) mass is 345 g/mol. The molecular formula is C16H16BrN3O. The number of anilines is 1. The molecule has 5 heteroatoms. The molecule has 0 aliphatic rings. The first kappa shape index (κ1) is 13.9. The van der Waals surface area contributed by atoms with E-state index in [0.29, 0.717) is 5.69 Å². The number of rotatable bonds is 3. The summed E-state index contributed by atoms with van der Waals surface area (Å²) >= 11 is 3.43. The lowest BCUT2D eigenvalue weighted by molar-refractivity contribution is 0.415. The predicted octanol–water partition coefficient (Wildman–Crippen LogP) is 4.08. The fourth-order valence-corrected chi connectivity index (χ4v) is 2.88. The van der Waals surface area contributed by atoms with Crippen LogP contribution in [0, 0.1) is 0 Å². The van der Waals surface area contributed by atoms with Gasteiger partial charge in [-0.05, 0) is 37.3 Å². The van der Waals surface area contributed by atoms with Crippen LogP contribution in [0.25, 0.3) is 22.4 Å². The maximum Gasteiger partial charge on any atom is 0.143 e. The van der Waals surface area contributed by atoms with E-state index in [1.54, 1.807) is 7.11 Å². The molecule has 3 rings (SSSR count). The second-order valence-corrected chi connectivity index (χ2v) is 5.68. The summed E-state index contributed by atoms with van der Waals surface area (Å²) in [4.78, 5) is 4.74. The van der Waals surface area contributed by atoms with Crippen molar-refractivity contribution in [3.63, 3.8) is 0 Å². The highest BCUT2D eigenvalue weighted by atomic mass is 79.9. The van der Waals surface area contributed by atoms with Crippen LogP contribution in [0.4, 0.5) is 5.69 Å². The Hall–Kier alpha value is -2.01. The van der Waals surface area contributed by atoms with Gasteiger partial charge in [-0.1, -0.05) is 15.9 Å². The largest absolute Gasteiger partial charge is 0.497 e. The van der Waals surface area contributed by atoms with Gasteiger partial charge in [-0.25, -0.2) is 4.98 Å². The number of aryl methyl sites for hydroxylation is 1. The molecule has 2 N–H and O–H groups in total. The Morgan fingerprint density at radius 2 is 2.05 bits per heavy atom. The number of ether oxygens (including phenoxy) is 1. The molecule has 0 saturated heterocycles. The Kier molecular flexibility index (Phi) is 3.59. The second-order valence-electron chi connectivity index (χ2n) is 4.77. The number of hydrogen-bond acceptors (Lipinski definition) is 3. The van der Waals surface area contributed by atoms with E-state index in [2.05, 4.69) is 27.4 Å². The molecule has 2 aromatic carbocycles. The van der Waals surface area contributed by atoms with E-state index in [4.69, 9.17) is 15.5 Å². The second kappa shape index (κ2) is 5.41. The topological polar surface area (TPSA) is 53.1 Å². The third kappa shape index (κ3) is 2.38. The van der Waals surface area contributed by atoms with Crippen LogP contribution in [0.15, 0.2) is 40.9 Å². The van der Waals surface area contributed by atoms with E-state index in [1.165, 1.54) is 0 Å². The zero-order valence-electron chi connectivity index (χ0n) is 11.9. The van der Waals surface area contributed by atoms with Crippen molar-refractivity contribution < 1.29 is 4.74 Å². The molecule has 0 fully saturated rings. The zero-order chi connectivity index (χ0) is 15.0. The lowest BCUT2D eigenvalue weighted by Gasteiger charge is -2.09.